The molecule has 0 spiro atoms. The summed E-state index contributed by atoms with van der Waals surface area (Å²) in [6.07, 6.45) is 3.63. The van der Waals surface area contributed by atoms with Crippen molar-refractivity contribution in [1.29, 1.82) is 0 Å². The molecule has 1 N–H and O–H groups in total. The maximum atomic E-state index is 13.6. The molecule has 3 aromatic carbocycles. The van der Waals surface area contributed by atoms with E-state index < -0.39 is 0 Å². The highest BCUT2D eigenvalue weighted by atomic mass is 16.5. The van der Waals surface area contributed by atoms with Gasteiger partial charge in [0.05, 0.1) is 18.9 Å². The second kappa shape index (κ2) is 12.4. The van der Waals surface area contributed by atoms with Gasteiger partial charge in [-0.2, -0.15) is 0 Å². The van der Waals surface area contributed by atoms with Crippen molar-refractivity contribution in [3.63, 3.8) is 0 Å². The van der Waals surface area contributed by atoms with Crippen LogP contribution in [0.25, 0.3) is 16.9 Å². The number of hydrogen-bond donors (Lipinski definition) is 1. The molecule has 1 aliphatic heterocycles. The fourth-order valence-corrected chi connectivity index (χ4v) is 5.02. The zero-order chi connectivity index (χ0) is 28.9. The summed E-state index contributed by atoms with van der Waals surface area (Å²) in [5.41, 5.74) is 6.22. The number of carbonyl (C=O) groups excluding carboxylic acids is 2. The first-order valence-corrected chi connectivity index (χ1v) is 13.9. The van der Waals surface area contributed by atoms with Crippen LogP contribution in [0.15, 0.2) is 72.9 Å². The Morgan fingerprint density at radius 3 is 2.49 bits per heavy atom. The molecule has 41 heavy (non-hydrogen) atoms. The fourth-order valence-electron chi connectivity index (χ4n) is 5.02. The normalized spacial score (nSPS) is 14.6. The molecule has 0 bridgehead atoms. The van der Waals surface area contributed by atoms with Crippen LogP contribution >= 0.6 is 0 Å². The Hall–Kier alpha value is -4.43. The topological polar surface area (TPSA) is 85.7 Å². The summed E-state index contributed by atoms with van der Waals surface area (Å²) in [4.78, 5) is 33.5. The smallest absolute Gasteiger partial charge is 0.254 e. The van der Waals surface area contributed by atoms with Crippen molar-refractivity contribution >= 4 is 17.8 Å². The quantitative estimate of drug-likeness (QED) is 0.287. The van der Waals surface area contributed by atoms with Gasteiger partial charge in [0.25, 0.3) is 5.91 Å². The predicted molar refractivity (Wildman–Crippen MR) is 160 cm³/mol. The van der Waals surface area contributed by atoms with Gasteiger partial charge in [-0.15, -0.1) is 0 Å². The van der Waals surface area contributed by atoms with E-state index in [0.717, 1.165) is 41.0 Å². The molecule has 1 fully saturated rings. The van der Waals surface area contributed by atoms with E-state index in [1.165, 1.54) is 5.56 Å². The molecule has 8 heteroatoms. The van der Waals surface area contributed by atoms with Gasteiger partial charge in [0.1, 0.15) is 12.3 Å². The number of anilines is 1. The van der Waals surface area contributed by atoms with Crippen molar-refractivity contribution < 1.29 is 19.1 Å². The van der Waals surface area contributed by atoms with E-state index in [-0.39, 0.29) is 24.5 Å². The average Bonchev–Trinajstić information content (AvgIpc) is 3.64. The standard InChI is InChI=1S/C33H36N4O4/c1-22-11-14-26(18-24(22)3)37-20-30(25-12-15-27(40-4)16-13-25)34-33(37)35-31(38)21-36(19-28-9-7-17-41-28)32(39)29-10-6-5-8-23(29)2/h5-6,8,10-16,18,20,28H,7,9,17,19,21H2,1-4H3,(H,34,35,38). The van der Waals surface area contributed by atoms with Gasteiger partial charge in [-0.3, -0.25) is 19.5 Å². The molecule has 5 rings (SSSR count). The van der Waals surface area contributed by atoms with Crippen LogP contribution in [0.2, 0.25) is 0 Å². The van der Waals surface area contributed by atoms with Crippen molar-refractivity contribution in [1.82, 2.24) is 14.5 Å². The minimum Gasteiger partial charge on any atom is -0.497 e. The molecule has 0 radical (unpaired) electrons. The average molecular weight is 553 g/mol. The first-order chi connectivity index (χ1) is 19.8. The Bertz CT molecular complexity index is 1540. The lowest BCUT2D eigenvalue weighted by Crippen LogP contribution is -2.42. The van der Waals surface area contributed by atoms with Crippen LogP contribution in [0.3, 0.4) is 0 Å². The first-order valence-electron chi connectivity index (χ1n) is 13.9. The van der Waals surface area contributed by atoms with Gasteiger partial charge in [0, 0.05) is 36.2 Å². The van der Waals surface area contributed by atoms with Crippen molar-refractivity contribution in [3.05, 3.63) is 95.2 Å². The number of amides is 2. The van der Waals surface area contributed by atoms with E-state index in [9.17, 15) is 9.59 Å². The molecule has 212 valence electrons. The van der Waals surface area contributed by atoms with E-state index in [0.29, 0.717) is 30.4 Å². The highest BCUT2D eigenvalue weighted by Gasteiger charge is 2.26. The maximum absolute atomic E-state index is 13.6. The molecule has 4 aromatic rings. The number of aromatic nitrogens is 2. The van der Waals surface area contributed by atoms with E-state index in [1.54, 1.807) is 18.1 Å². The molecule has 2 heterocycles. The number of methoxy groups -OCH3 is 1. The number of benzene rings is 3. The molecule has 1 saturated heterocycles. The van der Waals surface area contributed by atoms with Crippen molar-refractivity contribution in [2.75, 3.05) is 32.1 Å². The summed E-state index contributed by atoms with van der Waals surface area (Å²) in [5.74, 6) is 0.608. The number of rotatable bonds is 9. The van der Waals surface area contributed by atoms with E-state index in [1.807, 2.05) is 72.3 Å². The summed E-state index contributed by atoms with van der Waals surface area (Å²) in [6, 6.07) is 21.2. The Morgan fingerprint density at radius 1 is 1.02 bits per heavy atom. The van der Waals surface area contributed by atoms with Crippen LogP contribution in [0.5, 0.6) is 5.75 Å². The molecule has 1 aromatic heterocycles. The molecular formula is C33H36N4O4. The third-order valence-electron chi connectivity index (χ3n) is 7.56. The Balaban J connectivity index is 1.44. The molecule has 2 amide bonds. The minimum atomic E-state index is -0.332. The van der Waals surface area contributed by atoms with E-state index >= 15 is 0 Å². The van der Waals surface area contributed by atoms with E-state index in [4.69, 9.17) is 14.5 Å². The third kappa shape index (κ3) is 6.49. The van der Waals surface area contributed by atoms with Gasteiger partial charge in [-0.05, 0) is 92.8 Å². The first kappa shape index (κ1) is 28.1. The summed E-state index contributed by atoms with van der Waals surface area (Å²) < 4.78 is 13.0. The lowest BCUT2D eigenvalue weighted by atomic mass is 10.1. The third-order valence-corrected chi connectivity index (χ3v) is 7.56. The number of imidazole rings is 1. The lowest BCUT2D eigenvalue weighted by molar-refractivity contribution is -0.117. The van der Waals surface area contributed by atoms with Gasteiger partial charge in [-0.1, -0.05) is 24.3 Å². The second-order valence-electron chi connectivity index (χ2n) is 10.5. The number of aryl methyl sites for hydroxylation is 3. The van der Waals surface area contributed by atoms with Gasteiger partial charge in [0.15, 0.2) is 0 Å². The molecule has 0 saturated carbocycles. The summed E-state index contributed by atoms with van der Waals surface area (Å²) in [7, 11) is 1.63. The Morgan fingerprint density at radius 2 is 1.80 bits per heavy atom. The zero-order valence-electron chi connectivity index (χ0n) is 24.0. The van der Waals surface area contributed by atoms with Gasteiger partial charge < -0.3 is 14.4 Å². The summed E-state index contributed by atoms with van der Waals surface area (Å²) in [6.45, 7) is 6.92. The zero-order valence-corrected chi connectivity index (χ0v) is 24.0. The van der Waals surface area contributed by atoms with Gasteiger partial charge >= 0.3 is 0 Å². The van der Waals surface area contributed by atoms with E-state index in [2.05, 4.69) is 25.2 Å². The lowest BCUT2D eigenvalue weighted by Gasteiger charge is -2.25. The molecule has 0 aliphatic carbocycles. The Kier molecular flexibility index (Phi) is 8.50. The fraction of sp³-hybridized carbons (Fsp3) is 0.303. The van der Waals surface area contributed by atoms with Gasteiger partial charge in [0.2, 0.25) is 11.9 Å². The maximum Gasteiger partial charge on any atom is 0.254 e. The number of nitrogens with one attached hydrogen (secondary N) is 1. The number of hydrogen-bond acceptors (Lipinski definition) is 5. The largest absolute Gasteiger partial charge is 0.497 e. The van der Waals surface area contributed by atoms with Crippen molar-refractivity contribution in [3.8, 4) is 22.7 Å². The monoisotopic (exact) mass is 552 g/mol. The molecule has 1 unspecified atom stereocenters. The molecule has 8 nitrogen and oxygen atoms in total. The minimum absolute atomic E-state index is 0.0880. The van der Waals surface area contributed by atoms with Crippen LogP contribution in [0, 0.1) is 20.8 Å². The van der Waals surface area contributed by atoms with Crippen LogP contribution in [0.1, 0.15) is 39.9 Å². The van der Waals surface area contributed by atoms with Crippen LogP contribution in [-0.2, 0) is 9.53 Å². The van der Waals surface area contributed by atoms with Gasteiger partial charge in [-0.25, -0.2) is 4.98 Å². The highest BCUT2D eigenvalue weighted by molar-refractivity contribution is 6.00. The molecule has 1 atom stereocenters. The molecular weight excluding hydrogens is 516 g/mol. The SMILES string of the molecule is COc1ccc(-c2cn(-c3ccc(C)c(C)c3)c(NC(=O)CN(CC3CCCO3)C(=O)c3ccccc3C)n2)cc1. The number of carbonyl (C=O) groups is 2. The second-order valence-corrected chi connectivity index (χ2v) is 10.5. The predicted octanol–water partition coefficient (Wildman–Crippen LogP) is 5.73. The van der Waals surface area contributed by atoms with Crippen LogP contribution < -0.4 is 10.1 Å². The van der Waals surface area contributed by atoms with Crippen molar-refractivity contribution in [2.45, 2.75) is 39.7 Å². The summed E-state index contributed by atoms with van der Waals surface area (Å²) >= 11 is 0. The van der Waals surface area contributed by atoms with Crippen LogP contribution in [-0.4, -0.2) is 59.2 Å². The number of nitrogens with zero attached hydrogens (tertiary/aromatic N) is 3. The summed E-state index contributed by atoms with van der Waals surface area (Å²) in [5, 5.41) is 2.99. The van der Waals surface area contributed by atoms with Crippen molar-refractivity contribution in [2.24, 2.45) is 0 Å². The molecule has 1 aliphatic rings. The number of ether oxygens (including phenoxy) is 2. The highest BCUT2D eigenvalue weighted by Crippen LogP contribution is 2.27. The van der Waals surface area contributed by atoms with Crippen LogP contribution in [0.4, 0.5) is 5.95 Å². The Labute approximate surface area is 240 Å².